The van der Waals surface area contributed by atoms with Gasteiger partial charge in [-0.3, -0.25) is 9.36 Å². The summed E-state index contributed by atoms with van der Waals surface area (Å²) in [5, 5.41) is 13.8. The highest BCUT2D eigenvalue weighted by molar-refractivity contribution is 7.45. The summed E-state index contributed by atoms with van der Waals surface area (Å²) in [4.78, 5) is 25.3. The van der Waals surface area contributed by atoms with Crippen LogP contribution < -0.4 is 10.2 Å². The molecule has 3 atom stereocenters. The molecule has 0 rings (SSSR count). The Balaban J connectivity index is 4.48. The second-order valence-electron chi connectivity index (χ2n) is 16.7. The van der Waals surface area contributed by atoms with Gasteiger partial charge in [0.15, 0.2) is 0 Å². The first-order chi connectivity index (χ1) is 27.5. The van der Waals surface area contributed by atoms with Gasteiger partial charge < -0.3 is 28.8 Å². The maximum atomic E-state index is 12.9. The fraction of sp³-hybridized carbons (Fsp3) is 0.771. The number of hydrogen-bond acceptors (Lipinski definition) is 6. The number of carbonyl (C=O) groups excluding carboxylic acids is 1. The maximum Gasteiger partial charge on any atom is 0.268 e. The number of phosphoric acid groups is 1. The number of rotatable bonds is 41. The highest BCUT2D eigenvalue weighted by Gasteiger charge is 2.23. The van der Waals surface area contributed by atoms with Crippen LogP contribution in [0.5, 0.6) is 0 Å². The molecule has 1 amide bonds. The summed E-state index contributed by atoms with van der Waals surface area (Å²) >= 11 is 0. The van der Waals surface area contributed by atoms with Crippen LogP contribution in [0.15, 0.2) is 60.8 Å². The van der Waals surface area contributed by atoms with Crippen LogP contribution in [-0.2, 0) is 18.4 Å². The van der Waals surface area contributed by atoms with Crippen molar-refractivity contribution in [3.05, 3.63) is 60.8 Å². The first kappa shape index (κ1) is 55.2. The lowest BCUT2D eigenvalue weighted by molar-refractivity contribution is -0.870. The number of allylic oxidation sites excluding steroid dienone is 9. The fourth-order valence-corrected chi connectivity index (χ4v) is 6.96. The van der Waals surface area contributed by atoms with Crippen LogP contribution in [-0.4, -0.2) is 68.5 Å². The van der Waals surface area contributed by atoms with Gasteiger partial charge in [0, 0.05) is 6.42 Å². The normalized spacial score (nSPS) is 14.9. The number of phosphoric ester groups is 1. The summed E-state index contributed by atoms with van der Waals surface area (Å²) in [6.45, 7) is 4.57. The van der Waals surface area contributed by atoms with Gasteiger partial charge in [-0.15, -0.1) is 0 Å². The molecule has 3 unspecified atom stereocenters. The minimum absolute atomic E-state index is 0.0116. The monoisotopic (exact) mass is 821 g/mol. The van der Waals surface area contributed by atoms with Gasteiger partial charge in [-0.2, -0.15) is 0 Å². The summed E-state index contributed by atoms with van der Waals surface area (Å²) in [7, 11) is 1.23. The van der Waals surface area contributed by atoms with E-state index in [-0.39, 0.29) is 12.5 Å². The van der Waals surface area contributed by atoms with Gasteiger partial charge in [0.05, 0.1) is 39.9 Å². The van der Waals surface area contributed by atoms with E-state index >= 15 is 0 Å². The first-order valence-corrected chi connectivity index (χ1v) is 24.6. The van der Waals surface area contributed by atoms with E-state index in [9.17, 15) is 19.4 Å². The van der Waals surface area contributed by atoms with E-state index < -0.39 is 26.6 Å². The predicted molar refractivity (Wildman–Crippen MR) is 242 cm³/mol. The molecule has 0 aromatic rings. The van der Waals surface area contributed by atoms with Crippen LogP contribution in [0.1, 0.15) is 187 Å². The van der Waals surface area contributed by atoms with E-state index in [2.05, 4.69) is 67.8 Å². The van der Waals surface area contributed by atoms with Crippen molar-refractivity contribution in [1.82, 2.24) is 5.32 Å². The zero-order chi connectivity index (χ0) is 42.1. The summed E-state index contributed by atoms with van der Waals surface area (Å²) in [5.41, 5.74) is 0. The Morgan fingerprint density at radius 2 is 1.04 bits per heavy atom. The molecule has 2 N–H and O–H groups in total. The third-order valence-corrected chi connectivity index (χ3v) is 10.9. The topological polar surface area (TPSA) is 108 Å². The van der Waals surface area contributed by atoms with Crippen LogP contribution in [0.4, 0.5) is 0 Å². The number of unbranched alkanes of at least 4 members (excludes halogenated alkanes) is 20. The van der Waals surface area contributed by atoms with E-state index in [1.807, 2.05) is 27.2 Å². The number of carbonyl (C=O) groups is 1. The third kappa shape index (κ3) is 42.1. The molecule has 57 heavy (non-hydrogen) atoms. The molecule has 0 radical (unpaired) electrons. The number of likely N-dealkylation sites (N-methyl/N-ethyl adjacent to an activating group) is 1. The van der Waals surface area contributed by atoms with Crippen molar-refractivity contribution < 1.29 is 32.9 Å². The first-order valence-electron chi connectivity index (χ1n) is 23.2. The summed E-state index contributed by atoms with van der Waals surface area (Å²) in [6.07, 6.45) is 51.2. The van der Waals surface area contributed by atoms with Gasteiger partial charge in [0.1, 0.15) is 13.2 Å². The Morgan fingerprint density at radius 3 is 1.58 bits per heavy atom. The molecule has 0 spiro atoms. The average molecular weight is 821 g/mol. The Bertz CT molecular complexity index is 1110. The lowest BCUT2D eigenvalue weighted by atomic mass is 10.1. The molecule has 0 fully saturated rings. The van der Waals surface area contributed by atoms with Crippen LogP contribution in [0.25, 0.3) is 0 Å². The standard InChI is InChI=1S/C48H89N2O6P/c1-6-8-10-12-14-16-18-20-22-24-25-26-28-30-32-34-36-38-40-42-48(52)49-46(45-56-57(53,54)55-44-43-50(3,4)5)47(51)41-39-37-35-33-31-29-27-23-21-19-17-15-13-11-9-7-2/h14,16,20,22,25-26,31,33,39,41,46-47,51H,6-13,15,17-19,21,23-24,27-30,32,34-38,40,42-45H2,1-5H3,(H-,49,52,53,54)/b16-14-,22-20-,26-25-,33-31+,41-39+. The van der Waals surface area contributed by atoms with Crippen LogP contribution >= 0.6 is 7.82 Å². The minimum atomic E-state index is -4.60. The lowest BCUT2D eigenvalue weighted by Crippen LogP contribution is -2.45. The number of hydrogen-bond donors (Lipinski definition) is 2. The van der Waals surface area contributed by atoms with E-state index in [0.717, 1.165) is 64.2 Å². The van der Waals surface area contributed by atoms with E-state index in [1.165, 1.54) is 103 Å². The molecule has 332 valence electrons. The zero-order valence-corrected chi connectivity index (χ0v) is 38.4. The highest BCUT2D eigenvalue weighted by atomic mass is 31.2. The van der Waals surface area contributed by atoms with Gasteiger partial charge in [-0.1, -0.05) is 171 Å². The van der Waals surface area contributed by atoms with Crippen LogP contribution in [0.2, 0.25) is 0 Å². The quantitative estimate of drug-likeness (QED) is 0.0275. The fourth-order valence-electron chi connectivity index (χ4n) is 6.23. The number of aliphatic hydroxyl groups is 1. The molecule has 0 bridgehead atoms. The van der Waals surface area contributed by atoms with Gasteiger partial charge in [0.25, 0.3) is 7.82 Å². The summed E-state index contributed by atoms with van der Waals surface area (Å²) in [6, 6.07) is -0.911. The Labute approximate surface area is 351 Å². The average Bonchev–Trinajstić information content (AvgIpc) is 3.16. The van der Waals surface area contributed by atoms with Crippen molar-refractivity contribution in [3.63, 3.8) is 0 Å². The molecule has 0 aliphatic rings. The zero-order valence-electron chi connectivity index (χ0n) is 37.5. The molecule has 0 saturated carbocycles. The molecule has 8 nitrogen and oxygen atoms in total. The molecular weight excluding hydrogens is 732 g/mol. The van der Waals surface area contributed by atoms with E-state index in [4.69, 9.17) is 9.05 Å². The van der Waals surface area contributed by atoms with Gasteiger partial charge in [0.2, 0.25) is 5.91 Å². The number of quaternary nitrogens is 1. The van der Waals surface area contributed by atoms with Crippen molar-refractivity contribution in [3.8, 4) is 0 Å². The highest BCUT2D eigenvalue weighted by Crippen LogP contribution is 2.38. The molecule has 0 heterocycles. The molecule has 0 aliphatic carbocycles. The number of amides is 1. The van der Waals surface area contributed by atoms with Crippen molar-refractivity contribution in [2.45, 2.75) is 199 Å². The largest absolute Gasteiger partial charge is 0.756 e. The van der Waals surface area contributed by atoms with Crippen LogP contribution in [0, 0.1) is 0 Å². The Morgan fingerprint density at radius 1 is 0.614 bits per heavy atom. The van der Waals surface area contributed by atoms with Crippen molar-refractivity contribution >= 4 is 13.7 Å². The molecular formula is C48H89N2O6P. The number of nitrogens with zero attached hydrogens (tertiary/aromatic N) is 1. The molecule has 0 saturated heterocycles. The summed E-state index contributed by atoms with van der Waals surface area (Å²) in [5.74, 6) is -0.222. The predicted octanol–water partition coefficient (Wildman–Crippen LogP) is 12.4. The lowest BCUT2D eigenvalue weighted by Gasteiger charge is -2.29. The number of aliphatic hydroxyl groups excluding tert-OH is 1. The minimum Gasteiger partial charge on any atom is -0.756 e. The summed E-state index contributed by atoms with van der Waals surface area (Å²) < 4.78 is 23.2. The maximum absolute atomic E-state index is 12.9. The number of nitrogens with one attached hydrogen (secondary N) is 1. The molecule has 9 heteroatoms. The van der Waals surface area contributed by atoms with Crippen molar-refractivity contribution in [2.24, 2.45) is 0 Å². The Kier molecular flexibility index (Phi) is 38.4. The van der Waals surface area contributed by atoms with Crippen molar-refractivity contribution in [1.29, 1.82) is 0 Å². The molecule has 0 aromatic heterocycles. The van der Waals surface area contributed by atoms with Gasteiger partial charge in [-0.05, 0) is 70.6 Å². The van der Waals surface area contributed by atoms with Crippen LogP contribution in [0.3, 0.4) is 0 Å². The van der Waals surface area contributed by atoms with Gasteiger partial charge in [-0.25, -0.2) is 0 Å². The molecule has 0 aliphatic heterocycles. The third-order valence-electron chi connectivity index (χ3n) is 9.95. The van der Waals surface area contributed by atoms with Crippen molar-refractivity contribution in [2.75, 3.05) is 40.9 Å². The second-order valence-corrected chi connectivity index (χ2v) is 18.2. The smallest absolute Gasteiger partial charge is 0.268 e. The molecule has 0 aromatic carbocycles. The second kappa shape index (κ2) is 39.6. The SMILES string of the molecule is CCCCC/C=C\C/C=C\C/C=C\CCCCCCCCC(=O)NC(COP(=O)([O-])OCC[N+](C)(C)C)C(O)/C=C/CC/C=C/CCCCCCCCCCCC. The van der Waals surface area contributed by atoms with E-state index in [1.54, 1.807) is 6.08 Å². The van der Waals surface area contributed by atoms with E-state index in [0.29, 0.717) is 17.4 Å². The van der Waals surface area contributed by atoms with Gasteiger partial charge >= 0.3 is 0 Å². The Hall–Kier alpha value is -1.80.